The molecule has 1 aliphatic heterocycles. The maximum atomic E-state index is 12.0. The molecule has 1 aliphatic carbocycles. The summed E-state index contributed by atoms with van der Waals surface area (Å²) < 4.78 is 36.2. The molecule has 1 saturated heterocycles. The van der Waals surface area contributed by atoms with Gasteiger partial charge in [0.25, 0.3) is 0 Å². The average Bonchev–Trinajstić information content (AvgIpc) is 2.88. The van der Waals surface area contributed by atoms with Gasteiger partial charge in [-0.1, -0.05) is 35.4 Å². The Hall–Kier alpha value is -2.91. The van der Waals surface area contributed by atoms with E-state index in [0.29, 0.717) is 31.6 Å². The number of hydrogen-bond acceptors (Lipinski definition) is 5. The van der Waals surface area contributed by atoms with Crippen LogP contribution >= 0.6 is 0 Å². The van der Waals surface area contributed by atoms with E-state index in [0.717, 1.165) is 29.5 Å². The maximum Gasteiger partial charge on any atom is 0.447 e. The lowest BCUT2D eigenvalue weighted by Crippen LogP contribution is -2.41. The van der Waals surface area contributed by atoms with E-state index in [2.05, 4.69) is 39.6 Å². The topological polar surface area (TPSA) is 109 Å². The minimum absolute atomic E-state index is 0.0942. The number of rotatable bonds is 2. The lowest BCUT2D eigenvalue weighted by atomic mass is 9.88. The Labute approximate surface area is 181 Å². The van der Waals surface area contributed by atoms with Gasteiger partial charge in [-0.15, -0.1) is 0 Å². The number of carbonyl (C=O) groups excluding carboxylic acids is 1. The highest BCUT2D eigenvalue weighted by molar-refractivity contribution is 7.81. The molecule has 0 bridgehead atoms. The van der Waals surface area contributed by atoms with Crippen LogP contribution in [0, 0.1) is 6.92 Å². The third-order valence-electron chi connectivity index (χ3n) is 5.80. The lowest BCUT2D eigenvalue weighted by Gasteiger charge is -2.30. The van der Waals surface area contributed by atoms with Crippen molar-refractivity contribution in [2.45, 2.75) is 32.6 Å². The van der Waals surface area contributed by atoms with E-state index in [1.807, 2.05) is 6.07 Å². The molecule has 2 aliphatic rings. The number of carbonyl (C=O) groups is 1. The first-order chi connectivity index (χ1) is 14.7. The summed E-state index contributed by atoms with van der Waals surface area (Å²) in [6.07, 6.45) is 2.98. The zero-order chi connectivity index (χ0) is 22.2. The number of aryl methyl sites for hydroxylation is 3. The van der Waals surface area contributed by atoms with Gasteiger partial charge in [-0.2, -0.15) is 8.42 Å². The molecule has 0 atom stereocenters. The van der Waals surface area contributed by atoms with Crippen LogP contribution in [0.2, 0.25) is 0 Å². The number of likely N-dealkylation sites (tertiary alicyclic amines) is 1. The van der Waals surface area contributed by atoms with Gasteiger partial charge in [0.05, 0.1) is 5.69 Å². The molecular formula is C22H25N3O5S. The molecule has 2 aromatic rings. The molecule has 1 aromatic heterocycles. The van der Waals surface area contributed by atoms with E-state index in [9.17, 15) is 13.2 Å². The average molecular weight is 444 g/mol. The summed E-state index contributed by atoms with van der Waals surface area (Å²) in [7, 11) is -3.05. The van der Waals surface area contributed by atoms with Crippen LogP contribution in [0.5, 0.6) is 5.88 Å². The smallest absolute Gasteiger partial charge is 0.341 e. The normalized spacial score (nSPS) is 16.3. The minimum Gasteiger partial charge on any atom is -0.341 e. The Morgan fingerprint density at radius 2 is 1.81 bits per heavy atom. The number of urea groups is 1. The fourth-order valence-electron chi connectivity index (χ4n) is 4.36. The first-order valence-electron chi connectivity index (χ1n) is 10.2. The van der Waals surface area contributed by atoms with Crippen molar-refractivity contribution in [1.82, 2.24) is 15.2 Å². The number of benzene rings is 1. The van der Waals surface area contributed by atoms with E-state index < -0.39 is 10.4 Å². The number of hydrogen-bond donors (Lipinski definition) is 2. The molecule has 4 rings (SSSR count). The van der Waals surface area contributed by atoms with Crippen LogP contribution in [0.15, 0.2) is 35.9 Å². The summed E-state index contributed by atoms with van der Waals surface area (Å²) in [5, 5.41) is 2.67. The Bertz CT molecular complexity index is 1160. The molecule has 31 heavy (non-hydrogen) atoms. The summed E-state index contributed by atoms with van der Waals surface area (Å²) in [5.41, 5.74) is 7.27. The zero-order valence-electron chi connectivity index (χ0n) is 17.5. The SMILES string of the molecule is CNC(=O)N1CCC(=C2c3ccc(C)cc3CCc3ccc(OS(=O)(=O)O)nc32)CC1. The van der Waals surface area contributed by atoms with Gasteiger partial charge < -0.3 is 14.4 Å². The van der Waals surface area contributed by atoms with Crippen molar-refractivity contribution >= 4 is 22.0 Å². The number of nitrogens with zero attached hydrogens (tertiary/aromatic N) is 2. The molecule has 2 amide bonds. The highest BCUT2D eigenvalue weighted by atomic mass is 32.3. The van der Waals surface area contributed by atoms with Crippen LogP contribution in [-0.2, 0) is 23.2 Å². The van der Waals surface area contributed by atoms with Gasteiger partial charge in [0.2, 0.25) is 5.88 Å². The third-order valence-corrected chi connectivity index (χ3v) is 6.18. The number of aromatic nitrogens is 1. The molecule has 1 aromatic carbocycles. The van der Waals surface area contributed by atoms with Gasteiger partial charge in [0.1, 0.15) is 0 Å². The Morgan fingerprint density at radius 1 is 1.10 bits per heavy atom. The van der Waals surface area contributed by atoms with Crippen LogP contribution in [0.1, 0.15) is 40.8 Å². The van der Waals surface area contributed by atoms with Gasteiger partial charge >= 0.3 is 16.4 Å². The molecule has 0 unspecified atom stereocenters. The Kier molecular flexibility index (Phi) is 5.72. The number of pyridine rings is 1. The van der Waals surface area contributed by atoms with Crippen LogP contribution in [0.25, 0.3) is 5.57 Å². The van der Waals surface area contributed by atoms with Crippen molar-refractivity contribution < 1.29 is 21.9 Å². The highest BCUT2D eigenvalue weighted by Crippen LogP contribution is 2.39. The molecule has 9 heteroatoms. The van der Waals surface area contributed by atoms with Crippen LogP contribution in [-0.4, -0.2) is 49.0 Å². The minimum atomic E-state index is -4.67. The van der Waals surface area contributed by atoms with E-state index >= 15 is 0 Å². The number of nitrogens with one attached hydrogen (secondary N) is 1. The monoisotopic (exact) mass is 443 g/mol. The zero-order valence-corrected chi connectivity index (χ0v) is 18.3. The van der Waals surface area contributed by atoms with Gasteiger partial charge in [0, 0.05) is 31.8 Å². The number of piperidine rings is 1. The molecule has 8 nitrogen and oxygen atoms in total. The molecule has 0 radical (unpaired) electrons. The van der Waals surface area contributed by atoms with Crippen molar-refractivity contribution in [3.8, 4) is 5.88 Å². The van der Waals surface area contributed by atoms with Gasteiger partial charge in [-0.05, 0) is 49.3 Å². The summed E-state index contributed by atoms with van der Waals surface area (Å²) in [6.45, 7) is 3.25. The molecule has 0 saturated carbocycles. The van der Waals surface area contributed by atoms with Crippen molar-refractivity contribution in [3.63, 3.8) is 0 Å². The molecule has 2 heterocycles. The van der Waals surface area contributed by atoms with Gasteiger partial charge in [0.15, 0.2) is 0 Å². The first kappa shape index (κ1) is 21.3. The maximum absolute atomic E-state index is 12.0. The molecule has 1 fully saturated rings. The largest absolute Gasteiger partial charge is 0.447 e. The van der Waals surface area contributed by atoms with Gasteiger partial charge in [-0.25, -0.2) is 9.78 Å². The van der Waals surface area contributed by atoms with E-state index in [1.54, 1.807) is 11.9 Å². The van der Waals surface area contributed by atoms with Crippen molar-refractivity contribution in [3.05, 3.63) is 63.9 Å². The van der Waals surface area contributed by atoms with E-state index in [1.165, 1.54) is 22.8 Å². The van der Waals surface area contributed by atoms with Crippen LogP contribution < -0.4 is 9.50 Å². The predicted octanol–water partition coefficient (Wildman–Crippen LogP) is 2.91. The Balaban J connectivity index is 1.84. The fraction of sp³-hybridized carbons (Fsp3) is 0.364. The first-order valence-corrected chi connectivity index (χ1v) is 11.6. The molecule has 2 N–H and O–H groups in total. The van der Waals surface area contributed by atoms with Crippen LogP contribution in [0.3, 0.4) is 0 Å². The standard InChI is InChI=1S/C22H25N3O5S/c1-14-3-7-18-17(13-14)5-4-16-6-8-19(30-31(27,28)29)24-21(16)20(18)15-9-11-25(12-10-15)22(26)23-2/h3,6-8,13H,4-5,9-12H2,1-2H3,(H,23,26)(H,27,28,29). The van der Waals surface area contributed by atoms with Crippen molar-refractivity contribution in [2.24, 2.45) is 0 Å². The summed E-state index contributed by atoms with van der Waals surface area (Å²) in [5.74, 6) is -0.169. The second kappa shape index (κ2) is 8.32. The predicted molar refractivity (Wildman–Crippen MR) is 116 cm³/mol. The number of fused-ring (bicyclic) bond motifs is 2. The van der Waals surface area contributed by atoms with Crippen molar-refractivity contribution in [1.29, 1.82) is 0 Å². The van der Waals surface area contributed by atoms with E-state index in [-0.39, 0.29) is 11.9 Å². The fourth-order valence-corrected chi connectivity index (χ4v) is 4.67. The third kappa shape index (κ3) is 4.57. The lowest BCUT2D eigenvalue weighted by molar-refractivity contribution is 0.196. The second-order valence-corrected chi connectivity index (χ2v) is 8.87. The molecule has 164 valence electrons. The highest BCUT2D eigenvalue weighted by Gasteiger charge is 2.27. The van der Waals surface area contributed by atoms with Gasteiger partial charge in [-0.3, -0.25) is 4.55 Å². The quantitative estimate of drug-likeness (QED) is 0.691. The number of amides is 2. The van der Waals surface area contributed by atoms with Crippen LogP contribution in [0.4, 0.5) is 4.79 Å². The summed E-state index contributed by atoms with van der Waals surface area (Å²) in [4.78, 5) is 18.3. The molecule has 0 spiro atoms. The van der Waals surface area contributed by atoms with Crippen molar-refractivity contribution in [2.75, 3.05) is 20.1 Å². The Morgan fingerprint density at radius 3 is 2.48 bits per heavy atom. The second-order valence-electron chi connectivity index (χ2n) is 7.85. The summed E-state index contributed by atoms with van der Waals surface area (Å²) in [6, 6.07) is 9.50. The molecular weight excluding hydrogens is 418 g/mol. The summed E-state index contributed by atoms with van der Waals surface area (Å²) >= 11 is 0. The van der Waals surface area contributed by atoms with E-state index in [4.69, 9.17) is 4.55 Å².